The van der Waals surface area contributed by atoms with Crippen molar-refractivity contribution in [1.82, 2.24) is 4.90 Å². The molecule has 1 saturated heterocycles. The molecule has 2 aromatic rings. The van der Waals surface area contributed by atoms with Crippen LogP contribution in [-0.4, -0.2) is 37.0 Å². The lowest BCUT2D eigenvalue weighted by molar-refractivity contribution is 0.0746. The Hall–Kier alpha value is -2.00. The minimum absolute atomic E-state index is 0.133. The number of aryl methyl sites for hydroxylation is 1. The van der Waals surface area contributed by atoms with Crippen LogP contribution >= 0.6 is 11.6 Å². The maximum absolute atomic E-state index is 12.6. The molecule has 0 aliphatic carbocycles. The summed E-state index contributed by atoms with van der Waals surface area (Å²) in [4.78, 5) is 16.8. The van der Waals surface area contributed by atoms with Gasteiger partial charge in [0.2, 0.25) is 0 Å². The maximum atomic E-state index is 12.6. The summed E-state index contributed by atoms with van der Waals surface area (Å²) in [6.45, 7) is 5.17. The van der Waals surface area contributed by atoms with E-state index in [4.69, 9.17) is 11.6 Å². The van der Waals surface area contributed by atoms with Crippen molar-refractivity contribution >= 4 is 23.2 Å². The number of piperazine rings is 1. The molecule has 3 rings (SSSR count). The molecule has 4 heteroatoms. The fourth-order valence-corrected chi connectivity index (χ4v) is 2.93. The Balaban J connectivity index is 1.65. The molecule has 3 nitrogen and oxygen atoms in total. The molecule has 1 aliphatic rings. The fourth-order valence-electron chi connectivity index (χ4n) is 2.80. The molecule has 22 heavy (non-hydrogen) atoms. The van der Waals surface area contributed by atoms with E-state index in [-0.39, 0.29) is 5.91 Å². The summed E-state index contributed by atoms with van der Waals surface area (Å²) in [5, 5.41) is 0.747. The smallest absolute Gasteiger partial charge is 0.254 e. The summed E-state index contributed by atoms with van der Waals surface area (Å²) in [7, 11) is 0. The monoisotopic (exact) mass is 314 g/mol. The molecule has 0 atom stereocenters. The van der Waals surface area contributed by atoms with Gasteiger partial charge in [0.15, 0.2) is 0 Å². The van der Waals surface area contributed by atoms with E-state index in [2.05, 4.69) is 4.90 Å². The number of hydrogen-bond acceptors (Lipinski definition) is 2. The van der Waals surface area contributed by atoms with Crippen LogP contribution in [0.3, 0.4) is 0 Å². The lowest BCUT2D eigenvalue weighted by Crippen LogP contribution is -2.48. The lowest BCUT2D eigenvalue weighted by atomic mass is 10.1. The SMILES string of the molecule is Cc1ccccc1C(=O)N1CCN(c2ccc(Cl)cc2)CC1. The number of hydrogen-bond donors (Lipinski definition) is 0. The molecule has 1 amide bonds. The first-order chi connectivity index (χ1) is 10.6. The van der Waals surface area contributed by atoms with Crippen molar-refractivity contribution in [2.24, 2.45) is 0 Å². The van der Waals surface area contributed by atoms with E-state index >= 15 is 0 Å². The topological polar surface area (TPSA) is 23.6 Å². The van der Waals surface area contributed by atoms with Crippen molar-refractivity contribution in [3.8, 4) is 0 Å². The minimum Gasteiger partial charge on any atom is -0.368 e. The summed E-state index contributed by atoms with van der Waals surface area (Å²) in [5.41, 5.74) is 3.00. The molecule has 0 bridgehead atoms. The molecule has 114 valence electrons. The van der Waals surface area contributed by atoms with E-state index < -0.39 is 0 Å². The van der Waals surface area contributed by atoms with E-state index in [0.717, 1.165) is 48.0 Å². The van der Waals surface area contributed by atoms with E-state index in [1.165, 1.54) is 0 Å². The number of nitrogens with zero attached hydrogens (tertiary/aromatic N) is 2. The summed E-state index contributed by atoms with van der Waals surface area (Å²) in [6, 6.07) is 15.6. The highest BCUT2D eigenvalue weighted by atomic mass is 35.5. The summed E-state index contributed by atoms with van der Waals surface area (Å²) in [6.07, 6.45) is 0. The molecule has 2 aromatic carbocycles. The number of carbonyl (C=O) groups is 1. The van der Waals surface area contributed by atoms with Gasteiger partial charge < -0.3 is 9.80 Å². The first-order valence-electron chi connectivity index (χ1n) is 7.50. The van der Waals surface area contributed by atoms with Gasteiger partial charge in [0.25, 0.3) is 5.91 Å². The van der Waals surface area contributed by atoms with Gasteiger partial charge in [-0.25, -0.2) is 0 Å². The van der Waals surface area contributed by atoms with Crippen LogP contribution in [0.15, 0.2) is 48.5 Å². The van der Waals surface area contributed by atoms with Crippen LogP contribution in [0.2, 0.25) is 5.02 Å². The Morgan fingerprint density at radius 2 is 1.59 bits per heavy atom. The van der Waals surface area contributed by atoms with Crippen LogP contribution in [0.1, 0.15) is 15.9 Å². The molecule has 1 fully saturated rings. The van der Waals surface area contributed by atoms with Crippen molar-refractivity contribution in [2.75, 3.05) is 31.1 Å². The quantitative estimate of drug-likeness (QED) is 0.845. The van der Waals surface area contributed by atoms with Gasteiger partial charge in [0, 0.05) is 42.5 Å². The second kappa shape index (κ2) is 6.41. The largest absolute Gasteiger partial charge is 0.368 e. The number of amides is 1. The number of rotatable bonds is 2. The molecule has 0 saturated carbocycles. The van der Waals surface area contributed by atoms with Crippen LogP contribution in [0, 0.1) is 6.92 Å². The van der Waals surface area contributed by atoms with Crippen molar-refractivity contribution in [3.05, 3.63) is 64.7 Å². The molecule has 0 radical (unpaired) electrons. The predicted molar refractivity (Wildman–Crippen MR) is 90.7 cm³/mol. The summed E-state index contributed by atoms with van der Waals surface area (Å²) >= 11 is 5.93. The molecule has 0 spiro atoms. The van der Waals surface area contributed by atoms with Crippen LogP contribution in [0.5, 0.6) is 0 Å². The molecule has 0 N–H and O–H groups in total. The lowest BCUT2D eigenvalue weighted by Gasteiger charge is -2.36. The van der Waals surface area contributed by atoms with Crippen molar-refractivity contribution in [2.45, 2.75) is 6.92 Å². The maximum Gasteiger partial charge on any atom is 0.254 e. The van der Waals surface area contributed by atoms with Crippen molar-refractivity contribution < 1.29 is 4.79 Å². The molecule has 0 unspecified atom stereocenters. The molecular formula is C18H19ClN2O. The first-order valence-corrected chi connectivity index (χ1v) is 7.88. The van der Waals surface area contributed by atoms with Crippen molar-refractivity contribution in [3.63, 3.8) is 0 Å². The number of halogens is 1. The van der Waals surface area contributed by atoms with Crippen LogP contribution < -0.4 is 4.90 Å². The highest BCUT2D eigenvalue weighted by molar-refractivity contribution is 6.30. The zero-order chi connectivity index (χ0) is 15.5. The number of benzene rings is 2. The Morgan fingerprint density at radius 1 is 0.955 bits per heavy atom. The van der Waals surface area contributed by atoms with Gasteiger partial charge in [-0.1, -0.05) is 29.8 Å². The summed E-state index contributed by atoms with van der Waals surface area (Å²) < 4.78 is 0. The standard InChI is InChI=1S/C18H19ClN2O/c1-14-4-2-3-5-17(14)18(22)21-12-10-20(11-13-21)16-8-6-15(19)7-9-16/h2-9H,10-13H2,1H3. The fraction of sp³-hybridized carbons (Fsp3) is 0.278. The van der Waals surface area contributed by atoms with Gasteiger partial charge >= 0.3 is 0 Å². The third kappa shape index (κ3) is 3.09. The van der Waals surface area contributed by atoms with Crippen molar-refractivity contribution in [1.29, 1.82) is 0 Å². The summed E-state index contributed by atoms with van der Waals surface area (Å²) in [5.74, 6) is 0.133. The average molecular weight is 315 g/mol. The molecule has 1 heterocycles. The average Bonchev–Trinajstić information content (AvgIpc) is 2.56. The Labute approximate surface area is 136 Å². The molecule has 1 aliphatic heterocycles. The van der Waals surface area contributed by atoms with Gasteiger partial charge in [0.1, 0.15) is 0 Å². The Kier molecular flexibility index (Phi) is 4.34. The second-order valence-electron chi connectivity index (χ2n) is 5.57. The van der Waals surface area contributed by atoms with Gasteiger partial charge in [-0.15, -0.1) is 0 Å². The molecular weight excluding hydrogens is 296 g/mol. The first kappa shape index (κ1) is 14.9. The Bertz CT molecular complexity index is 661. The zero-order valence-corrected chi connectivity index (χ0v) is 13.4. The van der Waals surface area contributed by atoms with E-state index in [0.29, 0.717) is 0 Å². The van der Waals surface area contributed by atoms with Gasteiger partial charge in [0.05, 0.1) is 0 Å². The van der Waals surface area contributed by atoms with E-state index in [1.807, 2.05) is 60.4 Å². The molecule has 0 aromatic heterocycles. The van der Waals surface area contributed by atoms with E-state index in [9.17, 15) is 4.79 Å². The van der Waals surface area contributed by atoms with Crippen LogP contribution in [0.4, 0.5) is 5.69 Å². The predicted octanol–water partition coefficient (Wildman–Crippen LogP) is 3.61. The highest BCUT2D eigenvalue weighted by Crippen LogP contribution is 2.20. The third-order valence-corrected chi connectivity index (χ3v) is 4.39. The normalized spacial score (nSPS) is 15.0. The van der Waals surface area contributed by atoms with E-state index in [1.54, 1.807) is 0 Å². The van der Waals surface area contributed by atoms with Gasteiger partial charge in [-0.3, -0.25) is 4.79 Å². The van der Waals surface area contributed by atoms with Gasteiger partial charge in [-0.2, -0.15) is 0 Å². The third-order valence-electron chi connectivity index (χ3n) is 4.13. The minimum atomic E-state index is 0.133. The number of carbonyl (C=O) groups excluding carboxylic acids is 1. The van der Waals surface area contributed by atoms with Gasteiger partial charge in [-0.05, 0) is 42.8 Å². The highest BCUT2D eigenvalue weighted by Gasteiger charge is 2.23. The van der Waals surface area contributed by atoms with Crippen LogP contribution in [0.25, 0.3) is 0 Å². The number of anilines is 1. The Morgan fingerprint density at radius 3 is 2.23 bits per heavy atom. The second-order valence-corrected chi connectivity index (χ2v) is 6.01. The van der Waals surface area contributed by atoms with Crippen LogP contribution in [-0.2, 0) is 0 Å². The zero-order valence-electron chi connectivity index (χ0n) is 12.6.